The van der Waals surface area contributed by atoms with E-state index in [0.717, 1.165) is 18.2 Å². The van der Waals surface area contributed by atoms with Crippen LogP contribution in [0, 0.1) is 5.82 Å². The third kappa shape index (κ3) is 6.24. The monoisotopic (exact) mass is 456 g/mol. The van der Waals surface area contributed by atoms with Gasteiger partial charge in [-0.2, -0.15) is 26.3 Å². The van der Waals surface area contributed by atoms with Gasteiger partial charge in [0.15, 0.2) is 11.6 Å². The number of ether oxygens (including phenoxy) is 1. The molecule has 0 aromatic heterocycles. The molecule has 0 aliphatic heterocycles. The van der Waals surface area contributed by atoms with Crippen LogP contribution in [-0.2, 0) is 12.6 Å². The fraction of sp³-hybridized carbons (Fsp3) is 0.250. The Morgan fingerprint density at radius 1 is 0.781 bits per heavy atom. The maximum atomic E-state index is 14.1. The van der Waals surface area contributed by atoms with Gasteiger partial charge in [-0.3, -0.25) is 0 Å². The van der Waals surface area contributed by atoms with Crippen molar-refractivity contribution in [3.63, 3.8) is 0 Å². The molecule has 0 spiro atoms. The molecule has 170 valence electrons. The van der Waals surface area contributed by atoms with Crippen molar-refractivity contribution in [2.24, 2.45) is 0 Å². The third-order valence-corrected chi connectivity index (χ3v) is 4.94. The molecular weight excluding hydrogens is 437 g/mol. The van der Waals surface area contributed by atoms with Gasteiger partial charge in [-0.25, -0.2) is 4.39 Å². The first-order chi connectivity index (χ1) is 15.0. The lowest BCUT2D eigenvalue weighted by Crippen LogP contribution is -2.21. The van der Waals surface area contributed by atoms with Crippen LogP contribution in [0.15, 0.2) is 72.8 Å². The van der Waals surface area contributed by atoms with E-state index in [1.165, 1.54) is 18.2 Å². The number of benzene rings is 3. The average molecular weight is 456 g/mol. The molecule has 1 nitrogen and oxygen atoms in total. The van der Waals surface area contributed by atoms with E-state index in [1.807, 2.05) is 0 Å². The Morgan fingerprint density at radius 3 is 2.16 bits per heavy atom. The summed E-state index contributed by atoms with van der Waals surface area (Å²) < 4.78 is 99.0. The Hall–Kier alpha value is -3.03. The predicted octanol–water partition coefficient (Wildman–Crippen LogP) is 8.31. The summed E-state index contributed by atoms with van der Waals surface area (Å²) in [5.41, 5.74) is -0.993. The number of alkyl halides is 6. The summed E-state index contributed by atoms with van der Waals surface area (Å²) in [6.45, 7) is 0. The summed E-state index contributed by atoms with van der Waals surface area (Å²) in [4.78, 5) is 0. The van der Waals surface area contributed by atoms with Gasteiger partial charge in [-0.1, -0.05) is 42.5 Å². The number of para-hydroxylation sites is 1. The van der Waals surface area contributed by atoms with Gasteiger partial charge in [0.2, 0.25) is 0 Å². The Balaban J connectivity index is 1.71. The largest absolute Gasteiger partial charge is 0.454 e. The number of aryl methyl sites for hydroxylation is 1. The molecule has 8 heteroatoms. The zero-order chi connectivity index (χ0) is 23.4. The number of halogens is 7. The van der Waals surface area contributed by atoms with Crippen molar-refractivity contribution in [1.29, 1.82) is 0 Å². The molecule has 0 saturated carbocycles. The Labute approximate surface area is 180 Å². The lowest BCUT2D eigenvalue weighted by Gasteiger charge is -2.22. The highest BCUT2D eigenvalue weighted by atomic mass is 19.4. The third-order valence-electron chi connectivity index (χ3n) is 4.94. The van der Waals surface area contributed by atoms with Crippen molar-refractivity contribution in [3.8, 4) is 11.5 Å². The second-order valence-corrected chi connectivity index (χ2v) is 7.29. The zero-order valence-electron chi connectivity index (χ0n) is 16.7. The first kappa shape index (κ1) is 23.6. The van der Waals surface area contributed by atoms with Crippen LogP contribution in [0.4, 0.5) is 30.7 Å². The molecule has 1 unspecified atom stereocenters. The molecule has 0 fully saturated rings. The van der Waals surface area contributed by atoms with Crippen molar-refractivity contribution < 1.29 is 35.5 Å². The van der Waals surface area contributed by atoms with E-state index < -0.39 is 41.6 Å². The fourth-order valence-corrected chi connectivity index (χ4v) is 3.36. The minimum Gasteiger partial charge on any atom is -0.454 e. The Kier molecular flexibility index (Phi) is 7.11. The summed E-state index contributed by atoms with van der Waals surface area (Å²) in [5.74, 6) is -2.30. The van der Waals surface area contributed by atoms with Crippen molar-refractivity contribution >= 4 is 0 Å². The molecule has 0 saturated heterocycles. The van der Waals surface area contributed by atoms with Gasteiger partial charge in [0.1, 0.15) is 5.75 Å². The Morgan fingerprint density at radius 2 is 1.50 bits per heavy atom. The molecule has 3 aromatic carbocycles. The molecule has 0 bridgehead atoms. The maximum absolute atomic E-state index is 14.1. The van der Waals surface area contributed by atoms with Crippen molar-refractivity contribution in [2.45, 2.75) is 37.5 Å². The van der Waals surface area contributed by atoms with Gasteiger partial charge in [0.25, 0.3) is 0 Å². The van der Waals surface area contributed by atoms with E-state index in [4.69, 9.17) is 4.74 Å². The molecule has 0 radical (unpaired) electrons. The first-order valence-corrected chi connectivity index (χ1v) is 9.79. The highest BCUT2D eigenvalue weighted by Gasteiger charge is 2.41. The summed E-state index contributed by atoms with van der Waals surface area (Å²) in [7, 11) is 0. The molecule has 3 rings (SSSR count). The second kappa shape index (κ2) is 9.63. The van der Waals surface area contributed by atoms with Gasteiger partial charge >= 0.3 is 12.4 Å². The van der Waals surface area contributed by atoms with Crippen LogP contribution in [0.5, 0.6) is 11.5 Å². The molecule has 0 N–H and O–H groups in total. The van der Waals surface area contributed by atoms with Gasteiger partial charge in [0.05, 0.1) is 11.5 Å². The zero-order valence-corrected chi connectivity index (χ0v) is 16.7. The summed E-state index contributed by atoms with van der Waals surface area (Å²) in [6, 6.07) is 15.8. The van der Waals surface area contributed by atoms with Crippen LogP contribution >= 0.6 is 0 Å². The van der Waals surface area contributed by atoms with Gasteiger partial charge < -0.3 is 4.74 Å². The van der Waals surface area contributed by atoms with Gasteiger partial charge in [-0.05, 0) is 60.7 Å². The smallest absolute Gasteiger partial charge is 0.416 e. The fourth-order valence-electron chi connectivity index (χ4n) is 3.36. The number of hydrogen-bond acceptors (Lipinski definition) is 1. The molecular formula is C24H19F7O. The van der Waals surface area contributed by atoms with Crippen LogP contribution < -0.4 is 4.74 Å². The van der Waals surface area contributed by atoms with E-state index in [0.29, 0.717) is 17.4 Å². The van der Waals surface area contributed by atoms with E-state index in [2.05, 4.69) is 0 Å². The topological polar surface area (TPSA) is 9.23 Å². The second-order valence-electron chi connectivity index (χ2n) is 7.29. The van der Waals surface area contributed by atoms with Crippen LogP contribution in [0.1, 0.15) is 35.4 Å². The maximum Gasteiger partial charge on any atom is 0.416 e. The molecule has 3 aromatic rings. The predicted molar refractivity (Wildman–Crippen MR) is 106 cm³/mol. The molecule has 0 amide bonds. The quantitative estimate of drug-likeness (QED) is 0.325. The summed E-state index contributed by atoms with van der Waals surface area (Å²) in [5, 5.41) is 0. The van der Waals surface area contributed by atoms with Crippen LogP contribution in [-0.4, -0.2) is 6.18 Å². The minimum absolute atomic E-state index is 0.0385. The van der Waals surface area contributed by atoms with Crippen molar-refractivity contribution in [2.75, 3.05) is 0 Å². The van der Waals surface area contributed by atoms with E-state index in [1.54, 1.807) is 30.3 Å². The molecule has 1 atom stereocenters. The molecule has 32 heavy (non-hydrogen) atoms. The van der Waals surface area contributed by atoms with Crippen LogP contribution in [0.3, 0.4) is 0 Å². The normalized spacial score (nSPS) is 13.1. The SMILES string of the molecule is Fc1ccc(CCCC(c2cccc(C(F)(F)F)c2)C(F)(F)F)cc1Oc1ccccc1. The van der Waals surface area contributed by atoms with E-state index in [9.17, 15) is 30.7 Å². The molecule has 0 aliphatic rings. The highest BCUT2D eigenvalue weighted by Crippen LogP contribution is 2.40. The average Bonchev–Trinajstić information content (AvgIpc) is 2.73. The number of rotatable bonds is 7. The van der Waals surface area contributed by atoms with Crippen molar-refractivity contribution in [3.05, 3.63) is 95.3 Å². The standard InChI is InChI=1S/C24H19F7O/c25-21-13-12-16(14-22(21)32-19-9-2-1-3-10-19)6-4-11-20(24(29,30)31)17-7-5-8-18(15-17)23(26,27)28/h1-3,5,7-10,12-15,20H,4,6,11H2. The van der Waals surface area contributed by atoms with Gasteiger partial charge in [0, 0.05) is 0 Å². The summed E-state index contributed by atoms with van der Waals surface area (Å²) in [6.07, 6.45) is -9.62. The van der Waals surface area contributed by atoms with E-state index in [-0.39, 0.29) is 18.6 Å². The Bertz CT molecular complexity index is 1030. The van der Waals surface area contributed by atoms with Crippen LogP contribution in [0.25, 0.3) is 0 Å². The van der Waals surface area contributed by atoms with E-state index >= 15 is 0 Å². The lowest BCUT2D eigenvalue weighted by atomic mass is 9.91. The first-order valence-electron chi connectivity index (χ1n) is 9.79. The van der Waals surface area contributed by atoms with Gasteiger partial charge in [-0.15, -0.1) is 0 Å². The number of hydrogen-bond donors (Lipinski definition) is 0. The molecule has 0 aliphatic carbocycles. The molecule has 0 heterocycles. The van der Waals surface area contributed by atoms with Crippen LogP contribution in [0.2, 0.25) is 0 Å². The summed E-state index contributed by atoms with van der Waals surface area (Å²) >= 11 is 0. The minimum atomic E-state index is -4.73. The lowest BCUT2D eigenvalue weighted by molar-refractivity contribution is -0.153. The highest BCUT2D eigenvalue weighted by molar-refractivity contribution is 5.35. The van der Waals surface area contributed by atoms with Crippen molar-refractivity contribution in [1.82, 2.24) is 0 Å².